The molecule has 0 radical (unpaired) electrons. The van der Waals surface area contributed by atoms with Gasteiger partial charge in [0.1, 0.15) is 0 Å². The van der Waals surface area contributed by atoms with E-state index in [1.54, 1.807) is 14.2 Å². The van der Waals surface area contributed by atoms with Crippen LogP contribution in [0, 0.1) is 0 Å². The molecule has 1 aliphatic carbocycles. The third-order valence-corrected chi connectivity index (χ3v) is 4.53. The lowest BCUT2D eigenvalue weighted by atomic mass is 9.86. The van der Waals surface area contributed by atoms with E-state index in [-0.39, 0.29) is 5.78 Å². The molecule has 0 unspecified atom stereocenters. The molecular weight excluding hydrogens is 324 g/mol. The molecule has 0 spiro atoms. The summed E-state index contributed by atoms with van der Waals surface area (Å²) in [6.07, 6.45) is 2.07. The van der Waals surface area contributed by atoms with Crippen molar-refractivity contribution in [3.63, 3.8) is 0 Å². The minimum absolute atomic E-state index is 0.0956. The molecule has 130 valence electrons. The van der Waals surface area contributed by atoms with Gasteiger partial charge in [-0.2, -0.15) is 0 Å². The molecular formula is C17H18N4O4. The Kier molecular flexibility index (Phi) is 3.79. The molecule has 2 aromatic rings. The molecule has 2 N–H and O–H groups in total. The largest absolute Gasteiger partial charge is 0.493 e. The number of nitrogens with one attached hydrogen (secondary N) is 2. The van der Waals surface area contributed by atoms with E-state index in [0.29, 0.717) is 35.1 Å². The van der Waals surface area contributed by atoms with Crippen molar-refractivity contribution in [2.45, 2.75) is 25.3 Å². The highest BCUT2D eigenvalue weighted by Gasteiger charge is 2.35. The van der Waals surface area contributed by atoms with Crippen LogP contribution in [0.4, 0.5) is 11.6 Å². The van der Waals surface area contributed by atoms with Crippen LogP contribution in [0.1, 0.15) is 30.9 Å². The maximum atomic E-state index is 12.7. The van der Waals surface area contributed by atoms with Gasteiger partial charge in [-0.1, -0.05) is 12.1 Å². The standard InChI is InChI=1S/C17H18N4O4/c1-23-12-8-3-5-9(15(12)24-2)14-13-10(6-4-7-11(13)22)18-16-17(19-14)21-25-20-16/h3,5,8,14H,4,6-7H2,1-2H3,(H,18,20)(H,19,21)/t14-/m1/s1. The molecule has 1 aliphatic heterocycles. The normalized spacial score (nSPS) is 19.3. The number of methoxy groups -OCH3 is 2. The second-order valence-electron chi connectivity index (χ2n) is 5.92. The Morgan fingerprint density at radius 3 is 2.80 bits per heavy atom. The molecule has 25 heavy (non-hydrogen) atoms. The quantitative estimate of drug-likeness (QED) is 0.878. The number of carbonyl (C=O) groups excluding carboxylic acids is 1. The van der Waals surface area contributed by atoms with Crippen LogP contribution in [0.5, 0.6) is 11.5 Å². The minimum Gasteiger partial charge on any atom is -0.493 e. The average Bonchev–Trinajstić information content (AvgIpc) is 2.99. The predicted octanol–water partition coefficient (Wildman–Crippen LogP) is 2.67. The number of anilines is 2. The van der Waals surface area contributed by atoms with Crippen molar-refractivity contribution in [3.8, 4) is 11.5 Å². The van der Waals surface area contributed by atoms with E-state index < -0.39 is 6.04 Å². The second-order valence-corrected chi connectivity index (χ2v) is 5.92. The zero-order chi connectivity index (χ0) is 17.4. The lowest BCUT2D eigenvalue weighted by Gasteiger charge is -2.26. The summed E-state index contributed by atoms with van der Waals surface area (Å²) in [6.45, 7) is 0. The van der Waals surface area contributed by atoms with E-state index in [9.17, 15) is 4.79 Å². The number of rotatable bonds is 3. The fraction of sp³-hybridized carbons (Fsp3) is 0.353. The van der Waals surface area contributed by atoms with Crippen LogP contribution in [0.3, 0.4) is 0 Å². The molecule has 0 fully saturated rings. The molecule has 0 amide bonds. The fourth-order valence-corrected chi connectivity index (χ4v) is 3.42. The Morgan fingerprint density at radius 2 is 2.00 bits per heavy atom. The van der Waals surface area contributed by atoms with Crippen LogP contribution >= 0.6 is 0 Å². The van der Waals surface area contributed by atoms with Gasteiger partial charge in [0.15, 0.2) is 17.3 Å². The highest BCUT2D eigenvalue weighted by molar-refractivity contribution is 6.00. The molecule has 8 nitrogen and oxygen atoms in total. The van der Waals surface area contributed by atoms with Gasteiger partial charge in [-0.3, -0.25) is 4.79 Å². The highest BCUT2D eigenvalue weighted by atomic mass is 16.6. The number of ketones is 1. The number of ether oxygens (including phenoxy) is 2. The van der Waals surface area contributed by atoms with E-state index in [0.717, 1.165) is 24.1 Å². The SMILES string of the molecule is COc1cccc([C@H]2Nc3nonc3NC3=C2C(=O)CCC3)c1OC. The number of hydrogen-bond acceptors (Lipinski definition) is 8. The summed E-state index contributed by atoms with van der Waals surface area (Å²) in [5.74, 6) is 2.21. The van der Waals surface area contributed by atoms with Crippen LogP contribution in [-0.4, -0.2) is 30.3 Å². The number of hydrogen-bond donors (Lipinski definition) is 2. The lowest BCUT2D eigenvalue weighted by Crippen LogP contribution is -2.24. The van der Waals surface area contributed by atoms with Gasteiger partial charge in [0.2, 0.25) is 11.6 Å². The number of allylic oxidation sites excluding steroid dienone is 1. The van der Waals surface area contributed by atoms with Crippen molar-refractivity contribution >= 4 is 17.4 Å². The van der Waals surface area contributed by atoms with Crippen molar-refractivity contribution in [2.24, 2.45) is 0 Å². The van der Waals surface area contributed by atoms with E-state index >= 15 is 0 Å². The molecule has 2 aliphatic rings. The summed E-state index contributed by atoms with van der Waals surface area (Å²) in [6, 6.07) is 5.16. The van der Waals surface area contributed by atoms with E-state index in [1.165, 1.54) is 0 Å². The highest BCUT2D eigenvalue weighted by Crippen LogP contribution is 2.44. The van der Waals surface area contributed by atoms with Gasteiger partial charge in [0.05, 0.1) is 20.3 Å². The first kappa shape index (κ1) is 15.5. The Hall–Kier alpha value is -3.03. The van der Waals surface area contributed by atoms with Crippen molar-refractivity contribution in [1.82, 2.24) is 10.3 Å². The van der Waals surface area contributed by atoms with Gasteiger partial charge in [0.25, 0.3) is 0 Å². The number of fused-ring (bicyclic) bond motifs is 1. The summed E-state index contributed by atoms with van der Waals surface area (Å²) >= 11 is 0. The van der Waals surface area contributed by atoms with Crippen LogP contribution in [0.15, 0.2) is 34.1 Å². The summed E-state index contributed by atoms with van der Waals surface area (Å²) < 4.78 is 15.8. The third kappa shape index (κ3) is 2.50. The fourth-order valence-electron chi connectivity index (χ4n) is 3.42. The average molecular weight is 342 g/mol. The summed E-state index contributed by atoms with van der Waals surface area (Å²) in [5, 5.41) is 14.2. The van der Waals surface area contributed by atoms with Crippen molar-refractivity contribution < 1.29 is 18.9 Å². The van der Waals surface area contributed by atoms with E-state index in [1.807, 2.05) is 18.2 Å². The first-order chi connectivity index (χ1) is 12.2. The molecule has 4 rings (SSSR count). The van der Waals surface area contributed by atoms with Gasteiger partial charge >= 0.3 is 0 Å². The van der Waals surface area contributed by atoms with Crippen molar-refractivity contribution in [1.29, 1.82) is 0 Å². The summed E-state index contributed by atoms with van der Waals surface area (Å²) in [4.78, 5) is 12.7. The Labute approximate surface area is 144 Å². The molecule has 1 atom stereocenters. The van der Waals surface area contributed by atoms with Gasteiger partial charge < -0.3 is 20.1 Å². The van der Waals surface area contributed by atoms with Crippen LogP contribution in [-0.2, 0) is 4.79 Å². The first-order valence-corrected chi connectivity index (χ1v) is 8.06. The number of nitrogens with zero attached hydrogens (tertiary/aromatic N) is 2. The first-order valence-electron chi connectivity index (χ1n) is 8.06. The molecule has 2 heterocycles. The zero-order valence-corrected chi connectivity index (χ0v) is 14.0. The van der Waals surface area contributed by atoms with Crippen molar-refractivity contribution in [3.05, 3.63) is 35.0 Å². The topological polar surface area (TPSA) is 98.5 Å². The summed E-state index contributed by atoms with van der Waals surface area (Å²) in [7, 11) is 3.16. The molecule has 0 bridgehead atoms. The molecule has 0 saturated carbocycles. The maximum absolute atomic E-state index is 12.7. The molecule has 0 saturated heterocycles. The number of carbonyl (C=O) groups is 1. The van der Waals surface area contributed by atoms with E-state index in [2.05, 4.69) is 20.9 Å². The molecule has 8 heteroatoms. The van der Waals surface area contributed by atoms with Gasteiger partial charge in [0, 0.05) is 23.3 Å². The van der Waals surface area contributed by atoms with E-state index in [4.69, 9.17) is 14.1 Å². The summed E-state index contributed by atoms with van der Waals surface area (Å²) in [5.41, 5.74) is 2.31. The number of benzene rings is 1. The van der Waals surface area contributed by atoms with Crippen molar-refractivity contribution in [2.75, 3.05) is 24.9 Å². The third-order valence-electron chi connectivity index (χ3n) is 4.53. The maximum Gasteiger partial charge on any atom is 0.219 e. The molecule has 1 aromatic carbocycles. The van der Waals surface area contributed by atoms with Crippen LogP contribution in [0.2, 0.25) is 0 Å². The number of para-hydroxylation sites is 1. The zero-order valence-electron chi connectivity index (χ0n) is 14.0. The Balaban J connectivity index is 1.91. The van der Waals surface area contributed by atoms with Gasteiger partial charge in [-0.15, -0.1) is 0 Å². The second kappa shape index (κ2) is 6.12. The van der Waals surface area contributed by atoms with Crippen LogP contribution in [0.25, 0.3) is 0 Å². The number of Topliss-reactive ketones (excluding diaryl/α,β-unsaturated/α-hetero) is 1. The number of aromatic nitrogens is 2. The Bertz CT molecular complexity index is 858. The van der Waals surface area contributed by atoms with Crippen LogP contribution < -0.4 is 20.1 Å². The molecule has 1 aromatic heterocycles. The smallest absolute Gasteiger partial charge is 0.219 e. The lowest BCUT2D eigenvalue weighted by molar-refractivity contribution is -0.116. The minimum atomic E-state index is -0.437. The Morgan fingerprint density at radius 1 is 1.16 bits per heavy atom. The predicted molar refractivity (Wildman–Crippen MR) is 89.7 cm³/mol. The van der Waals surface area contributed by atoms with Gasteiger partial charge in [-0.05, 0) is 29.2 Å². The monoisotopic (exact) mass is 342 g/mol. The van der Waals surface area contributed by atoms with Gasteiger partial charge in [-0.25, -0.2) is 4.63 Å².